The van der Waals surface area contributed by atoms with Gasteiger partial charge in [-0.1, -0.05) is 12.1 Å². The summed E-state index contributed by atoms with van der Waals surface area (Å²) in [6, 6.07) is 9.93. The van der Waals surface area contributed by atoms with Crippen LogP contribution in [0.2, 0.25) is 0 Å². The molecular formula is C16H18N4O3. The normalized spacial score (nSPS) is 11.5. The highest BCUT2D eigenvalue weighted by molar-refractivity contribution is 5.77. The number of nitrogens with zero attached hydrogens (tertiary/aromatic N) is 2. The summed E-state index contributed by atoms with van der Waals surface area (Å²) in [5.74, 6) is -0.125. The second kappa shape index (κ2) is 7.88. The summed E-state index contributed by atoms with van der Waals surface area (Å²) in [6.45, 7) is 2.21. The molecule has 0 aliphatic rings. The molecule has 0 saturated heterocycles. The fourth-order valence-corrected chi connectivity index (χ4v) is 2.14. The molecule has 1 aromatic carbocycles. The number of hydrogen-bond acceptors (Lipinski definition) is 5. The number of carbonyl (C=O) groups excluding carboxylic acids is 1. The molecule has 1 unspecified atom stereocenters. The second-order valence-electron chi connectivity index (χ2n) is 5.02. The number of pyridine rings is 1. The van der Waals surface area contributed by atoms with Crippen molar-refractivity contribution in [1.29, 1.82) is 0 Å². The lowest BCUT2D eigenvalue weighted by Crippen LogP contribution is -2.28. The number of benzene rings is 1. The third-order valence-corrected chi connectivity index (χ3v) is 3.35. The van der Waals surface area contributed by atoms with E-state index in [1.54, 1.807) is 30.6 Å². The van der Waals surface area contributed by atoms with Gasteiger partial charge in [0.2, 0.25) is 5.91 Å². The summed E-state index contributed by atoms with van der Waals surface area (Å²) in [5.41, 5.74) is 1.38. The lowest BCUT2D eigenvalue weighted by Gasteiger charge is -2.14. The van der Waals surface area contributed by atoms with Gasteiger partial charge in [-0.25, -0.2) is 0 Å². The van der Waals surface area contributed by atoms with Crippen molar-refractivity contribution >= 4 is 17.3 Å². The highest BCUT2D eigenvalue weighted by Crippen LogP contribution is 2.22. The van der Waals surface area contributed by atoms with Crippen LogP contribution in [0.3, 0.4) is 0 Å². The van der Waals surface area contributed by atoms with E-state index in [2.05, 4.69) is 15.6 Å². The molecule has 0 aliphatic carbocycles. The number of aromatic nitrogens is 1. The smallest absolute Gasteiger partial charge is 0.292 e. The number of hydrogen-bond donors (Lipinski definition) is 2. The summed E-state index contributed by atoms with van der Waals surface area (Å²) in [7, 11) is 0. The molecule has 0 aliphatic heterocycles. The van der Waals surface area contributed by atoms with Gasteiger partial charge in [-0.15, -0.1) is 0 Å². The van der Waals surface area contributed by atoms with Gasteiger partial charge in [0.15, 0.2) is 0 Å². The Morgan fingerprint density at radius 2 is 1.96 bits per heavy atom. The van der Waals surface area contributed by atoms with E-state index >= 15 is 0 Å². The van der Waals surface area contributed by atoms with Crippen LogP contribution in [0.15, 0.2) is 48.8 Å². The van der Waals surface area contributed by atoms with Crippen LogP contribution in [0.4, 0.5) is 11.4 Å². The van der Waals surface area contributed by atoms with E-state index in [1.165, 1.54) is 6.07 Å². The Kier molecular flexibility index (Phi) is 5.62. The second-order valence-corrected chi connectivity index (χ2v) is 5.02. The molecule has 0 radical (unpaired) electrons. The van der Waals surface area contributed by atoms with Crippen LogP contribution in [0.5, 0.6) is 0 Å². The van der Waals surface area contributed by atoms with Gasteiger partial charge in [-0.2, -0.15) is 0 Å². The predicted octanol–water partition coefficient (Wildman–Crippen LogP) is 2.67. The van der Waals surface area contributed by atoms with E-state index in [1.807, 2.05) is 19.1 Å². The zero-order valence-electron chi connectivity index (χ0n) is 12.7. The van der Waals surface area contributed by atoms with E-state index in [4.69, 9.17) is 0 Å². The molecule has 7 nitrogen and oxygen atoms in total. The van der Waals surface area contributed by atoms with Gasteiger partial charge in [-0.05, 0) is 30.7 Å². The van der Waals surface area contributed by atoms with Crippen LogP contribution in [-0.2, 0) is 4.79 Å². The van der Waals surface area contributed by atoms with Gasteiger partial charge in [0.1, 0.15) is 5.69 Å². The standard InChI is InChI=1S/C16H18N4O3/c1-12(13-6-9-17-10-7-13)19-16(21)8-11-18-14-4-2-3-5-15(14)20(22)23/h2-7,9-10,12,18H,8,11H2,1H3,(H,19,21). The minimum absolute atomic E-state index is 0.00179. The van der Waals surface area contributed by atoms with Crippen LogP contribution >= 0.6 is 0 Å². The molecule has 0 fully saturated rings. The van der Waals surface area contributed by atoms with Crippen molar-refractivity contribution in [3.8, 4) is 0 Å². The molecule has 1 aromatic heterocycles. The molecule has 120 valence electrons. The van der Waals surface area contributed by atoms with Gasteiger partial charge in [0.25, 0.3) is 5.69 Å². The first-order chi connectivity index (χ1) is 11.1. The van der Waals surface area contributed by atoms with Crippen LogP contribution in [0.25, 0.3) is 0 Å². The monoisotopic (exact) mass is 314 g/mol. The zero-order chi connectivity index (χ0) is 16.7. The number of nitro benzene ring substituents is 1. The molecule has 0 spiro atoms. The van der Waals surface area contributed by atoms with E-state index in [9.17, 15) is 14.9 Å². The lowest BCUT2D eigenvalue weighted by atomic mass is 10.1. The van der Waals surface area contributed by atoms with Crippen LogP contribution in [0.1, 0.15) is 24.9 Å². The Balaban J connectivity index is 1.83. The first-order valence-corrected chi connectivity index (χ1v) is 7.24. The molecule has 2 aromatic rings. The minimum Gasteiger partial charge on any atom is -0.379 e. The van der Waals surface area contributed by atoms with Gasteiger partial charge in [0.05, 0.1) is 11.0 Å². The van der Waals surface area contributed by atoms with Crippen molar-refractivity contribution < 1.29 is 9.72 Å². The van der Waals surface area contributed by atoms with Gasteiger partial charge < -0.3 is 10.6 Å². The molecule has 1 atom stereocenters. The number of carbonyl (C=O) groups is 1. The highest BCUT2D eigenvalue weighted by atomic mass is 16.6. The van der Waals surface area contributed by atoms with E-state index in [0.717, 1.165) is 5.56 Å². The molecule has 23 heavy (non-hydrogen) atoms. The summed E-state index contributed by atoms with van der Waals surface area (Å²) in [5, 5.41) is 16.7. The minimum atomic E-state index is -0.450. The van der Waals surface area contributed by atoms with E-state index < -0.39 is 4.92 Å². The van der Waals surface area contributed by atoms with E-state index in [-0.39, 0.29) is 24.1 Å². The third kappa shape index (κ3) is 4.77. The number of anilines is 1. The zero-order valence-corrected chi connectivity index (χ0v) is 12.7. The Morgan fingerprint density at radius 3 is 2.65 bits per heavy atom. The fourth-order valence-electron chi connectivity index (χ4n) is 2.14. The Morgan fingerprint density at radius 1 is 1.26 bits per heavy atom. The van der Waals surface area contributed by atoms with Gasteiger partial charge in [0, 0.05) is 31.4 Å². The number of rotatable bonds is 7. The van der Waals surface area contributed by atoms with Crippen LogP contribution in [0, 0.1) is 10.1 Å². The number of amides is 1. The maximum Gasteiger partial charge on any atom is 0.292 e. The van der Waals surface area contributed by atoms with Gasteiger partial charge in [-0.3, -0.25) is 19.9 Å². The van der Waals surface area contributed by atoms with Crippen molar-refractivity contribution in [3.63, 3.8) is 0 Å². The Bertz CT molecular complexity index is 676. The lowest BCUT2D eigenvalue weighted by molar-refractivity contribution is -0.384. The van der Waals surface area contributed by atoms with Crippen molar-refractivity contribution in [1.82, 2.24) is 10.3 Å². The molecule has 1 amide bonds. The van der Waals surface area contributed by atoms with Crippen molar-refractivity contribution in [2.45, 2.75) is 19.4 Å². The number of nitro groups is 1. The van der Waals surface area contributed by atoms with Crippen LogP contribution < -0.4 is 10.6 Å². The summed E-state index contributed by atoms with van der Waals surface area (Å²) in [4.78, 5) is 26.3. The molecule has 1 heterocycles. The Labute approximate surface area is 133 Å². The molecule has 0 bridgehead atoms. The molecule has 2 rings (SSSR count). The summed E-state index contributed by atoms with van der Waals surface area (Å²) in [6.07, 6.45) is 3.57. The SMILES string of the molecule is CC(NC(=O)CCNc1ccccc1[N+](=O)[O-])c1ccncc1. The van der Waals surface area contributed by atoms with Crippen molar-refractivity contribution in [3.05, 3.63) is 64.5 Å². The first kappa shape index (κ1) is 16.4. The molecule has 2 N–H and O–H groups in total. The maximum atomic E-state index is 11.9. The number of para-hydroxylation sites is 2. The molecular weight excluding hydrogens is 296 g/mol. The van der Waals surface area contributed by atoms with Crippen LogP contribution in [-0.4, -0.2) is 22.4 Å². The van der Waals surface area contributed by atoms with E-state index in [0.29, 0.717) is 12.2 Å². The quantitative estimate of drug-likeness (QED) is 0.605. The highest BCUT2D eigenvalue weighted by Gasteiger charge is 2.13. The first-order valence-electron chi connectivity index (χ1n) is 7.24. The van der Waals surface area contributed by atoms with Crippen molar-refractivity contribution in [2.75, 3.05) is 11.9 Å². The van der Waals surface area contributed by atoms with Crippen molar-refractivity contribution in [2.24, 2.45) is 0 Å². The molecule has 0 saturated carbocycles. The maximum absolute atomic E-state index is 11.9. The average Bonchev–Trinajstić information content (AvgIpc) is 2.56. The third-order valence-electron chi connectivity index (χ3n) is 3.35. The van der Waals surface area contributed by atoms with Gasteiger partial charge >= 0.3 is 0 Å². The summed E-state index contributed by atoms with van der Waals surface area (Å²) >= 11 is 0. The summed E-state index contributed by atoms with van der Waals surface area (Å²) < 4.78 is 0. The average molecular weight is 314 g/mol. The Hall–Kier alpha value is -2.96. The predicted molar refractivity (Wildman–Crippen MR) is 87.0 cm³/mol. The fraction of sp³-hybridized carbons (Fsp3) is 0.250. The number of nitrogens with one attached hydrogen (secondary N) is 2. The largest absolute Gasteiger partial charge is 0.379 e. The molecule has 7 heteroatoms. The topological polar surface area (TPSA) is 97.2 Å².